The van der Waals surface area contributed by atoms with E-state index in [0.717, 1.165) is 15.9 Å². The smallest absolute Gasteiger partial charge is 0.532 e. The van der Waals surface area contributed by atoms with E-state index in [1.54, 1.807) is 37.3 Å². The molecule has 8 unspecified atom stereocenters. The fraction of sp³-hybridized carbons (Fsp3) is 0.250. The molecular weight excluding hydrogens is 2660 g/mol. The first-order valence-corrected chi connectivity index (χ1v) is 50.8. The third-order valence-electron chi connectivity index (χ3n) is 15.0. The van der Waals surface area contributed by atoms with Gasteiger partial charge in [0.05, 0.1) is 119 Å². The van der Waals surface area contributed by atoms with Crippen LogP contribution in [0.5, 0.6) is 34.5 Å². The number of benzene rings is 6. The molecule has 0 spiro atoms. The van der Waals surface area contributed by atoms with Gasteiger partial charge in [-0.2, -0.15) is 20.7 Å². The van der Waals surface area contributed by atoms with E-state index in [1.165, 1.54) is 143 Å². The van der Waals surface area contributed by atoms with Crippen molar-refractivity contribution >= 4 is 254 Å². The number of amides is 2. The summed E-state index contributed by atoms with van der Waals surface area (Å²) in [7, 11) is 11.0. The van der Waals surface area contributed by atoms with Crippen LogP contribution >= 0.6 is 177 Å². The number of hydrogen-bond donors (Lipinski definition) is 8. The van der Waals surface area contributed by atoms with Crippen molar-refractivity contribution in [3.05, 3.63) is 205 Å². The summed E-state index contributed by atoms with van der Waals surface area (Å²) in [5.74, 6) is -1.19. The van der Waals surface area contributed by atoms with E-state index in [1.807, 2.05) is 0 Å². The number of primary amides is 2. The van der Waals surface area contributed by atoms with Crippen LogP contribution < -0.4 is 41.3 Å². The number of allylic oxidation sites excluding steroid dienone is 1. The Labute approximate surface area is 878 Å². The molecule has 0 bridgehead atoms. The van der Waals surface area contributed by atoms with Crippen LogP contribution in [0, 0.1) is 69.4 Å². The van der Waals surface area contributed by atoms with Crippen LogP contribution in [0.15, 0.2) is 132 Å². The predicted molar refractivity (Wildman–Crippen MR) is 505 cm³/mol. The van der Waals surface area contributed by atoms with E-state index >= 15 is 0 Å². The van der Waals surface area contributed by atoms with Crippen molar-refractivity contribution in [3.63, 3.8) is 0 Å². The number of aromatic hydroxyl groups is 2. The number of aromatic nitrogens is 4. The van der Waals surface area contributed by atoms with Crippen LogP contribution in [0.25, 0.3) is 18.2 Å². The van der Waals surface area contributed by atoms with Gasteiger partial charge in [0, 0.05) is 150 Å². The number of halogens is 14. The monoisotopic (exact) mass is 2740 g/mol. The zero-order valence-electron chi connectivity index (χ0n) is 64.1. The minimum absolute atomic E-state index is 0. The maximum Gasteiger partial charge on any atom is 0.552 e. The Morgan fingerprint density at radius 1 is 0.650 bits per heavy atom. The molecule has 12 rings (SSSR count). The molecule has 6 aromatic carbocycles. The third kappa shape index (κ3) is 43.0. The molecule has 4 aliphatic heterocycles. The van der Waals surface area contributed by atoms with Gasteiger partial charge < -0.3 is 71.0 Å². The molecule has 4 radical (unpaired) electrons. The topological polar surface area (TPSA) is 378 Å². The number of carbonyl (C=O) groups excluding carboxylic acids is 4. The van der Waals surface area contributed by atoms with Gasteiger partial charge in [-0.3, -0.25) is 28.5 Å². The van der Waals surface area contributed by atoms with Crippen molar-refractivity contribution in [2.75, 3.05) is 51.7 Å². The maximum absolute atomic E-state index is 14.9. The van der Waals surface area contributed by atoms with Crippen LogP contribution in [0.4, 0.5) is 43.7 Å². The molecule has 51 heteroatoms. The number of anilines is 3. The van der Waals surface area contributed by atoms with Crippen molar-refractivity contribution in [3.8, 4) is 46.6 Å². The van der Waals surface area contributed by atoms with Gasteiger partial charge in [-0.15, -0.1) is 65.1 Å². The van der Waals surface area contributed by atoms with E-state index in [0.29, 0.717) is 69.4 Å². The number of aldehydes is 2. The third-order valence-corrected chi connectivity index (χ3v) is 34.6. The second-order valence-electron chi connectivity index (χ2n) is 22.9. The molecule has 2 amide bonds. The van der Waals surface area contributed by atoms with Gasteiger partial charge in [0.1, 0.15) is 63.1 Å². The molecule has 2 saturated heterocycles. The van der Waals surface area contributed by atoms with Gasteiger partial charge >= 0.3 is 17.4 Å². The largest absolute Gasteiger partial charge is 0.552 e. The normalized spacial score (nSPS) is 14.5. The summed E-state index contributed by atoms with van der Waals surface area (Å²) in [5.41, 5.74) is 16.8. The van der Waals surface area contributed by atoms with Gasteiger partial charge in [0.2, 0.25) is 0 Å². The molecule has 123 heavy (non-hydrogen) atoms. The molecule has 0 aliphatic carbocycles. The molecular formula is C72H83B3Br8F6IrN10O14P6Y3. The van der Waals surface area contributed by atoms with Crippen molar-refractivity contribution in [1.82, 2.24) is 19.6 Å². The van der Waals surface area contributed by atoms with E-state index in [4.69, 9.17) is 60.8 Å². The Morgan fingerprint density at radius 2 is 1.06 bits per heavy atom. The number of nitrogens with two attached hydrogens (primary N) is 3. The summed E-state index contributed by atoms with van der Waals surface area (Å²) in [4.78, 5) is 43.6. The summed E-state index contributed by atoms with van der Waals surface area (Å²) in [6, 6.07) is 23.0. The Balaban J connectivity index is -0.000000669. The van der Waals surface area contributed by atoms with E-state index < -0.39 is 49.3 Å². The van der Waals surface area contributed by atoms with Crippen LogP contribution in [0.3, 0.4) is 0 Å². The molecule has 2 fully saturated rings. The Kier molecular flexibility index (Phi) is 72.2. The zero-order valence-corrected chi connectivity index (χ0v) is 94.0. The fourth-order valence-corrected chi connectivity index (χ4v) is 28.6. The molecule has 11 N–H and O–H groups in total. The number of phenolic OH excluding ortho intramolecular Hbond substituents is 2. The van der Waals surface area contributed by atoms with E-state index in [9.17, 15) is 60.9 Å². The van der Waals surface area contributed by atoms with E-state index in [-0.39, 0.29) is 267 Å². The molecule has 6 heterocycles. The van der Waals surface area contributed by atoms with Gasteiger partial charge in [-0.25, -0.2) is 26.3 Å². The number of ether oxygens (including phenoxy) is 4. The SMILES string of the molecule is BrB(Br)Br.C.C.C/C=C/c1c(O)ccc(Br)c1F.CCC.COc1ccc(Br)c(F)c1.COc1ccc(Br)c(F)c1C=O.N#C[C@H]1CCOCC1n1cc(C(N)=O)c(N)n1.N#C[C@H]1CCOCC1n1cc(C(N)=O)c(Nc2ccc3c(c2F)C=CB(O)O3)n1.O=Cc1c(O)ccc(Br)c1F.OB1C=Cc2c(ccc(Br)c2F)O1.PPPPPP.[Ir].[Y].[Y].[Y]. The molecule has 2 aromatic heterocycles. The summed E-state index contributed by atoms with van der Waals surface area (Å²) in [5, 5.41) is 66.3. The molecule has 660 valence electrons. The number of phenols is 2. The zero-order chi connectivity index (χ0) is 87.8. The number of rotatable bonds is 14. The number of nitrogens with one attached hydrogen (secondary N) is 1. The average molecular weight is 2740 g/mol. The van der Waals surface area contributed by atoms with Crippen molar-refractivity contribution < 1.29 is 212 Å². The summed E-state index contributed by atoms with van der Waals surface area (Å²) >= 11 is 24.3. The minimum Gasteiger partial charge on any atom is -0.532 e. The molecule has 24 nitrogen and oxygen atoms in total. The number of methoxy groups -OCH3 is 2. The fourth-order valence-electron chi connectivity index (χ4n) is 9.49. The van der Waals surface area contributed by atoms with Gasteiger partial charge in [0.15, 0.2) is 41.7 Å². The molecule has 8 aromatic rings. The van der Waals surface area contributed by atoms with Crippen LogP contribution in [-0.2, 0) is 128 Å². The Hall–Kier alpha value is -1.38. The number of carbonyl (C=O) groups is 4. The quantitative estimate of drug-likeness (QED) is 0.0165. The average Bonchev–Trinajstić information content (AvgIpc) is 1.73. The van der Waals surface area contributed by atoms with Gasteiger partial charge in [-0.1, -0.05) is 91.3 Å². The number of nitrogen functional groups attached to an aromatic ring is 1. The first-order chi connectivity index (χ1) is 55.6. The molecule has 4 aliphatic rings. The second kappa shape index (κ2) is 69.5. The summed E-state index contributed by atoms with van der Waals surface area (Å²) in [6.45, 7) is 7.72. The predicted octanol–water partition coefficient (Wildman–Crippen LogP) is 21.4. The minimum atomic E-state index is -1.14. The Bertz CT molecular complexity index is 4840. The number of hydrogen-bond acceptors (Lipinski definition) is 20. The van der Waals surface area contributed by atoms with Crippen LogP contribution in [0.2, 0.25) is 0 Å². The van der Waals surface area contributed by atoms with Crippen molar-refractivity contribution in [1.29, 1.82) is 10.5 Å². The maximum atomic E-state index is 14.9. The van der Waals surface area contributed by atoms with Crippen LogP contribution in [0.1, 0.15) is 125 Å². The number of nitrogens with zero attached hydrogens (tertiary/aromatic N) is 6. The van der Waals surface area contributed by atoms with Crippen molar-refractivity contribution in [2.45, 2.75) is 67.0 Å². The molecule has 0 saturated carbocycles. The van der Waals surface area contributed by atoms with Crippen molar-refractivity contribution in [2.24, 2.45) is 23.3 Å². The van der Waals surface area contributed by atoms with Gasteiger partial charge in [-0.05, 0) is 184 Å². The first kappa shape index (κ1) is 128. The van der Waals surface area contributed by atoms with Gasteiger partial charge in [0.25, 0.3) is 11.8 Å². The van der Waals surface area contributed by atoms with E-state index in [2.05, 4.69) is 186 Å². The van der Waals surface area contributed by atoms with Crippen LogP contribution in [-0.4, -0.2) is 122 Å². The summed E-state index contributed by atoms with van der Waals surface area (Å²) < 4.78 is 115. The number of fused-ring (bicyclic) bond motifs is 2. The Morgan fingerprint density at radius 3 is 1.47 bits per heavy atom. The molecule has 10 atom stereocenters. The standard InChI is InChI=1S/C18H17BFN5O4.C10H13N5O2.C9H8BrFO.C8H5BBrFO2.C8H6BrFO2.C7H4BrFO2.C7H6BrFO.C3H8.2CH4.BBr3.Ir.H8P6.3Y/c20-16-11-3-5-19(27)29-15(11)2-1-13(16)23-18-12(17(22)26)8-25(24-18)14-9-28-6-4-10(14)7-21;11-3-6-1-2-17-5-8(6)15-4-7(10(13)16)9(12)14-15;1-2-3-6-8(12)5-4-7(10)9(6)11;10-6-1-2-7-5(8(6)11)3-4-9(12)13-7;1-12-7-3-2-6(9)8(10)5(7)4-11;8-5-1-2-6(11)4(3-10)7(5)9;1-10-5-2-3-6(8)7(9)4-5;1-3-2;;;2-1(3)4;;1-3-5-6-4-2;;;/h1-3,5,8,10,14,27H,4,6,9H2,(H2,22,26)(H,23,24);4,6,8H,1-2,5H2,(H2,12,14)(H2,13,16);2-5,12H,1H3;1-4,12H;2-4H,1H3;1-3,11H;2-4H,1H3;3H2,1-2H3;2*1H4;;;3-6H,1-2H2;;;/b;;3-2+;;;;;;;;;;;;;/t10-,14?;6-,8?;;;;;;;;;;;;;;/m11............../s1. The summed E-state index contributed by atoms with van der Waals surface area (Å²) in [6.07, 6.45) is 12.2. The second-order valence-corrected chi connectivity index (χ2v) is 47.6. The first-order valence-electron chi connectivity index (χ1n) is 33.5. The number of nitriles is 2.